The van der Waals surface area contributed by atoms with Gasteiger partial charge < -0.3 is 15.7 Å². The summed E-state index contributed by atoms with van der Waals surface area (Å²) in [5.74, 6) is 0.642. The number of hydrogen-bond acceptors (Lipinski definition) is 2. The number of hydrogen-bond donors (Lipinski definition) is 3. The van der Waals surface area contributed by atoms with E-state index < -0.39 is 11.4 Å². The highest BCUT2D eigenvalue weighted by Crippen LogP contribution is 2.40. The summed E-state index contributed by atoms with van der Waals surface area (Å²) in [5, 5.41) is 14.8. The highest BCUT2D eigenvalue weighted by molar-refractivity contribution is 5.78. The zero-order valence-electron chi connectivity index (χ0n) is 13.0. The molecule has 1 fully saturated rings. The van der Waals surface area contributed by atoms with Crippen LogP contribution in [0.3, 0.4) is 0 Å². The van der Waals surface area contributed by atoms with E-state index in [0.717, 1.165) is 6.42 Å². The normalized spacial score (nSPS) is 17.1. The van der Waals surface area contributed by atoms with Crippen molar-refractivity contribution in [1.82, 2.24) is 10.6 Å². The van der Waals surface area contributed by atoms with Crippen molar-refractivity contribution in [3.05, 3.63) is 0 Å². The predicted molar refractivity (Wildman–Crippen MR) is 78.5 cm³/mol. The lowest BCUT2D eigenvalue weighted by Crippen LogP contribution is -2.50. The third kappa shape index (κ3) is 4.12. The van der Waals surface area contributed by atoms with E-state index in [0.29, 0.717) is 37.1 Å². The van der Waals surface area contributed by atoms with Crippen molar-refractivity contribution in [1.29, 1.82) is 0 Å². The molecule has 1 aliphatic rings. The molecule has 20 heavy (non-hydrogen) atoms. The average molecular weight is 284 g/mol. The first-order valence-electron chi connectivity index (χ1n) is 7.53. The second-order valence-electron chi connectivity index (χ2n) is 6.65. The smallest absolute Gasteiger partial charge is 0.314 e. The van der Waals surface area contributed by atoms with Crippen LogP contribution in [0.1, 0.15) is 47.0 Å². The molecule has 5 nitrogen and oxygen atoms in total. The SMILES string of the molecule is CC(C)C(CNC(=O)NCC1(C(=O)O)CCC1)C(C)C. The van der Waals surface area contributed by atoms with Gasteiger partial charge in [0.15, 0.2) is 0 Å². The van der Waals surface area contributed by atoms with Crippen LogP contribution in [0.2, 0.25) is 0 Å². The Morgan fingerprint density at radius 3 is 2.00 bits per heavy atom. The van der Waals surface area contributed by atoms with Gasteiger partial charge in [0.2, 0.25) is 0 Å². The summed E-state index contributed by atoms with van der Waals surface area (Å²) in [5.41, 5.74) is -0.729. The van der Waals surface area contributed by atoms with Crippen LogP contribution >= 0.6 is 0 Å². The van der Waals surface area contributed by atoms with Crippen LogP contribution < -0.4 is 10.6 Å². The molecule has 3 N–H and O–H groups in total. The van der Waals surface area contributed by atoms with Gasteiger partial charge in [-0.2, -0.15) is 0 Å². The van der Waals surface area contributed by atoms with E-state index in [1.165, 1.54) is 0 Å². The summed E-state index contributed by atoms with van der Waals surface area (Å²) >= 11 is 0. The van der Waals surface area contributed by atoms with E-state index in [2.05, 4.69) is 38.3 Å². The Bertz CT molecular complexity index is 341. The molecule has 0 unspecified atom stereocenters. The summed E-state index contributed by atoms with van der Waals surface area (Å²) < 4.78 is 0. The van der Waals surface area contributed by atoms with E-state index in [1.807, 2.05) is 0 Å². The quantitative estimate of drug-likeness (QED) is 0.672. The van der Waals surface area contributed by atoms with E-state index in [-0.39, 0.29) is 12.6 Å². The predicted octanol–water partition coefficient (Wildman–Crippen LogP) is 2.47. The molecule has 0 radical (unpaired) electrons. The number of amides is 2. The summed E-state index contributed by atoms with van der Waals surface area (Å²) in [6.07, 6.45) is 2.24. The lowest BCUT2D eigenvalue weighted by molar-refractivity contribution is -0.153. The topological polar surface area (TPSA) is 78.4 Å². The van der Waals surface area contributed by atoms with Gasteiger partial charge in [0.1, 0.15) is 0 Å². The molecule has 0 spiro atoms. The number of urea groups is 1. The van der Waals surface area contributed by atoms with Gasteiger partial charge in [0.05, 0.1) is 5.41 Å². The van der Waals surface area contributed by atoms with Crippen LogP contribution in [0.15, 0.2) is 0 Å². The maximum absolute atomic E-state index is 11.8. The Morgan fingerprint density at radius 2 is 1.65 bits per heavy atom. The number of carboxylic acids is 1. The molecule has 0 atom stereocenters. The van der Waals surface area contributed by atoms with Crippen molar-refractivity contribution in [3.63, 3.8) is 0 Å². The number of rotatable bonds is 7. The molecule has 0 aliphatic heterocycles. The average Bonchev–Trinajstić information content (AvgIpc) is 2.26. The Hall–Kier alpha value is -1.26. The van der Waals surface area contributed by atoms with E-state index >= 15 is 0 Å². The minimum Gasteiger partial charge on any atom is -0.481 e. The minimum atomic E-state index is -0.800. The summed E-state index contributed by atoms with van der Waals surface area (Å²) in [6.45, 7) is 9.45. The monoisotopic (exact) mass is 284 g/mol. The molecule has 0 saturated heterocycles. The fraction of sp³-hybridized carbons (Fsp3) is 0.867. The number of aliphatic carboxylic acids is 1. The van der Waals surface area contributed by atoms with Crippen LogP contribution in [0.4, 0.5) is 4.79 Å². The van der Waals surface area contributed by atoms with Crippen molar-refractivity contribution < 1.29 is 14.7 Å². The lowest BCUT2D eigenvalue weighted by atomic mass is 9.69. The van der Waals surface area contributed by atoms with Crippen molar-refractivity contribution in [2.24, 2.45) is 23.2 Å². The number of carboxylic acid groups (broad SMARTS) is 1. The molecule has 116 valence electrons. The molecule has 0 aromatic rings. The fourth-order valence-electron chi connectivity index (χ4n) is 2.83. The van der Waals surface area contributed by atoms with Gasteiger partial charge >= 0.3 is 12.0 Å². The Morgan fingerprint density at radius 1 is 1.10 bits per heavy atom. The van der Waals surface area contributed by atoms with E-state index in [9.17, 15) is 14.7 Å². The molecule has 2 amide bonds. The molecule has 5 heteroatoms. The van der Waals surface area contributed by atoms with Crippen LogP contribution in [0, 0.1) is 23.2 Å². The molecule has 1 saturated carbocycles. The molecule has 1 aliphatic carbocycles. The van der Waals surface area contributed by atoms with Gasteiger partial charge in [-0.3, -0.25) is 4.79 Å². The molecule has 0 heterocycles. The van der Waals surface area contributed by atoms with Crippen LogP contribution in [-0.4, -0.2) is 30.2 Å². The van der Waals surface area contributed by atoms with Crippen molar-refractivity contribution in [3.8, 4) is 0 Å². The Kier molecular flexibility index (Phi) is 5.84. The fourth-order valence-corrected chi connectivity index (χ4v) is 2.83. The Labute approximate surface area is 121 Å². The molecule has 0 aromatic heterocycles. The summed E-state index contributed by atoms with van der Waals surface area (Å²) in [6, 6.07) is -0.260. The number of carbonyl (C=O) groups is 2. The van der Waals surface area contributed by atoms with Gasteiger partial charge in [-0.05, 0) is 30.6 Å². The molecular formula is C15H28N2O3. The maximum Gasteiger partial charge on any atom is 0.314 e. The van der Waals surface area contributed by atoms with Crippen molar-refractivity contribution in [2.75, 3.05) is 13.1 Å². The third-order valence-electron chi connectivity index (χ3n) is 4.56. The van der Waals surface area contributed by atoms with Gasteiger partial charge in [-0.1, -0.05) is 34.1 Å². The first kappa shape index (κ1) is 16.8. The van der Waals surface area contributed by atoms with Crippen molar-refractivity contribution >= 4 is 12.0 Å². The van der Waals surface area contributed by atoms with Gasteiger partial charge in [-0.25, -0.2) is 4.79 Å². The second-order valence-corrected chi connectivity index (χ2v) is 6.65. The first-order chi connectivity index (χ1) is 9.28. The number of carbonyl (C=O) groups excluding carboxylic acids is 1. The zero-order valence-corrected chi connectivity index (χ0v) is 13.0. The Balaban J connectivity index is 2.35. The molecular weight excluding hydrogens is 256 g/mol. The molecule has 1 rings (SSSR count). The molecule has 0 bridgehead atoms. The summed E-state index contributed by atoms with van der Waals surface area (Å²) in [7, 11) is 0. The standard InChI is InChI=1S/C15H28N2O3/c1-10(2)12(11(3)4)8-16-14(20)17-9-15(13(18)19)6-5-7-15/h10-12H,5-9H2,1-4H3,(H,18,19)(H2,16,17,20). The van der Waals surface area contributed by atoms with E-state index in [1.54, 1.807) is 0 Å². The first-order valence-corrected chi connectivity index (χ1v) is 7.53. The van der Waals surface area contributed by atoms with Crippen LogP contribution in [0.25, 0.3) is 0 Å². The lowest BCUT2D eigenvalue weighted by Gasteiger charge is -2.37. The number of nitrogens with one attached hydrogen (secondary N) is 2. The highest BCUT2D eigenvalue weighted by Gasteiger charge is 2.44. The minimum absolute atomic E-state index is 0.224. The van der Waals surface area contributed by atoms with Gasteiger partial charge in [0, 0.05) is 13.1 Å². The second kappa shape index (κ2) is 6.95. The maximum atomic E-state index is 11.8. The highest BCUT2D eigenvalue weighted by atomic mass is 16.4. The van der Waals surface area contributed by atoms with Crippen LogP contribution in [-0.2, 0) is 4.79 Å². The van der Waals surface area contributed by atoms with Gasteiger partial charge in [0.25, 0.3) is 0 Å². The largest absolute Gasteiger partial charge is 0.481 e. The van der Waals surface area contributed by atoms with E-state index in [4.69, 9.17) is 0 Å². The van der Waals surface area contributed by atoms with Crippen molar-refractivity contribution in [2.45, 2.75) is 47.0 Å². The zero-order chi connectivity index (χ0) is 15.3. The summed E-state index contributed by atoms with van der Waals surface area (Å²) in [4.78, 5) is 23.0. The molecule has 0 aromatic carbocycles. The third-order valence-corrected chi connectivity index (χ3v) is 4.56. The van der Waals surface area contributed by atoms with Crippen LogP contribution in [0.5, 0.6) is 0 Å². The van der Waals surface area contributed by atoms with Gasteiger partial charge in [-0.15, -0.1) is 0 Å².